The number of hydrogen-bond donors (Lipinski definition) is 0. The summed E-state index contributed by atoms with van der Waals surface area (Å²) in [7, 11) is 0. The summed E-state index contributed by atoms with van der Waals surface area (Å²) in [6, 6.07) is 105. The molecule has 0 radical (unpaired) electrons. The average Bonchev–Trinajstić information content (AvgIpc) is 4.06. The van der Waals surface area contributed by atoms with Gasteiger partial charge in [0.2, 0.25) is 5.95 Å². The van der Waals surface area contributed by atoms with E-state index in [-0.39, 0.29) is 0 Å². The molecule has 17 rings (SSSR count). The molecule has 0 amide bonds. The van der Waals surface area contributed by atoms with Crippen molar-refractivity contribution in [2.75, 3.05) is 0 Å². The van der Waals surface area contributed by atoms with Gasteiger partial charge in [-0.3, -0.25) is 4.57 Å². The minimum Gasteiger partial charge on any atom is -0.309 e. The fraction of sp³-hybridized carbons (Fsp3) is 0. The van der Waals surface area contributed by atoms with E-state index in [9.17, 15) is 0 Å². The van der Waals surface area contributed by atoms with Gasteiger partial charge < -0.3 is 13.7 Å². The van der Waals surface area contributed by atoms with Crippen molar-refractivity contribution in [3.63, 3.8) is 0 Å². The van der Waals surface area contributed by atoms with E-state index in [1.54, 1.807) is 0 Å². The molecule has 5 aromatic heterocycles. The van der Waals surface area contributed by atoms with Gasteiger partial charge in [-0.25, -0.2) is 9.97 Å². The summed E-state index contributed by atoms with van der Waals surface area (Å²) in [5.41, 5.74) is 20.9. The Morgan fingerprint density at radius 1 is 0.207 bits per heavy atom. The van der Waals surface area contributed by atoms with Crippen LogP contribution in [-0.2, 0) is 0 Å². The van der Waals surface area contributed by atoms with Crippen molar-refractivity contribution < 1.29 is 0 Å². The van der Waals surface area contributed by atoms with E-state index < -0.39 is 0 Å². The fourth-order valence-corrected chi connectivity index (χ4v) is 13.2. The quantitative estimate of drug-likeness (QED) is 0.152. The lowest BCUT2D eigenvalue weighted by Crippen LogP contribution is -2.04. The van der Waals surface area contributed by atoms with Crippen molar-refractivity contribution in [1.29, 1.82) is 0 Å². The van der Waals surface area contributed by atoms with E-state index in [1.807, 2.05) is 0 Å². The number of hydrogen-bond acceptors (Lipinski definition) is 2. The van der Waals surface area contributed by atoms with Crippen LogP contribution in [0.1, 0.15) is 0 Å². The average molecular weight is 1050 g/mol. The molecule has 5 heterocycles. The molecule has 382 valence electrons. The number of rotatable bonds is 8. The zero-order valence-electron chi connectivity index (χ0n) is 44.4. The summed E-state index contributed by atoms with van der Waals surface area (Å²) < 4.78 is 9.41. The van der Waals surface area contributed by atoms with E-state index in [0.29, 0.717) is 5.95 Å². The lowest BCUT2D eigenvalue weighted by molar-refractivity contribution is 0.995. The SMILES string of the molecule is c1ccc(-c2cc(-c3cccc(-n4c5ccccc5c5c(-c6ccc7c(c6)c6ccccc6n7-c6ccccc6)cccc54)c3)nc(-n3c4ccccc4c4cc(-c5ccc6c(c5)c5ccccc5n6-c5ccccc5)ccc43)n2)cc1. The Morgan fingerprint density at radius 3 is 1.16 bits per heavy atom. The maximum absolute atomic E-state index is 5.55. The van der Waals surface area contributed by atoms with Crippen molar-refractivity contribution in [3.05, 3.63) is 291 Å². The Labute approximate surface area is 471 Å². The van der Waals surface area contributed by atoms with Crippen LogP contribution in [0.4, 0.5) is 0 Å². The highest BCUT2D eigenvalue weighted by atomic mass is 15.2. The van der Waals surface area contributed by atoms with E-state index in [0.717, 1.165) is 83.5 Å². The van der Waals surface area contributed by atoms with Crippen LogP contribution in [0.5, 0.6) is 0 Å². The number of benzene rings is 12. The summed E-state index contributed by atoms with van der Waals surface area (Å²) in [4.78, 5) is 11.0. The molecule has 0 saturated carbocycles. The molecular formula is C76H48N6. The third-order valence-corrected chi connectivity index (χ3v) is 16.8. The molecule has 6 nitrogen and oxygen atoms in total. The molecule has 0 aliphatic rings. The van der Waals surface area contributed by atoms with Gasteiger partial charge in [0.1, 0.15) is 0 Å². The second-order valence-corrected chi connectivity index (χ2v) is 21.3. The predicted octanol–water partition coefficient (Wildman–Crippen LogP) is 19.5. The molecule has 0 aliphatic carbocycles. The third-order valence-electron chi connectivity index (χ3n) is 16.8. The maximum atomic E-state index is 5.55. The van der Waals surface area contributed by atoms with Crippen molar-refractivity contribution >= 4 is 87.2 Å². The third kappa shape index (κ3) is 7.08. The minimum atomic E-state index is 0.612. The van der Waals surface area contributed by atoms with Crippen LogP contribution < -0.4 is 0 Å². The first-order chi connectivity index (χ1) is 40.7. The minimum absolute atomic E-state index is 0.612. The van der Waals surface area contributed by atoms with Gasteiger partial charge in [-0.1, -0.05) is 182 Å². The Bertz CT molecular complexity index is 5390. The van der Waals surface area contributed by atoms with Crippen molar-refractivity contribution in [1.82, 2.24) is 28.2 Å². The second-order valence-electron chi connectivity index (χ2n) is 21.3. The van der Waals surface area contributed by atoms with Gasteiger partial charge in [-0.2, -0.15) is 0 Å². The van der Waals surface area contributed by atoms with E-state index in [2.05, 4.69) is 309 Å². The van der Waals surface area contributed by atoms with Crippen LogP contribution in [0.3, 0.4) is 0 Å². The highest BCUT2D eigenvalue weighted by Crippen LogP contribution is 2.43. The normalized spacial score (nSPS) is 11.9. The number of nitrogens with zero attached hydrogens (tertiary/aromatic N) is 6. The van der Waals surface area contributed by atoms with Gasteiger partial charge in [0.15, 0.2) is 0 Å². The topological polar surface area (TPSA) is 45.5 Å². The van der Waals surface area contributed by atoms with Crippen molar-refractivity contribution in [2.45, 2.75) is 0 Å². The largest absolute Gasteiger partial charge is 0.309 e. The molecule has 0 spiro atoms. The van der Waals surface area contributed by atoms with Gasteiger partial charge in [0.05, 0.1) is 55.5 Å². The lowest BCUT2D eigenvalue weighted by atomic mass is 9.98. The summed E-state index contributed by atoms with van der Waals surface area (Å²) in [5, 5.41) is 9.62. The predicted molar refractivity (Wildman–Crippen MR) is 341 cm³/mol. The van der Waals surface area contributed by atoms with Crippen LogP contribution >= 0.6 is 0 Å². The molecule has 6 heteroatoms. The first-order valence-electron chi connectivity index (χ1n) is 28.0. The fourth-order valence-electron chi connectivity index (χ4n) is 13.2. The summed E-state index contributed by atoms with van der Waals surface area (Å²) >= 11 is 0. The molecule has 12 aromatic carbocycles. The molecule has 0 saturated heterocycles. The van der Waals surface area contributed by atoms with E-state index >= 15 is 0 Å². The first-order valence-corrected chi connectivity index (χ1v) is 28.0. The first kappa shape index (κ1) is 45.9. The maximum Gasteiger partial charge on any atom is 0.235 e. The summed E-state index contributed by atoms with van der Waals surface area (Å²) in [6.45, 7) is 0. The number of para-hydroxylation sites is 6. The Balaban J connectivity index is 0.805. The zero-order chi connectivity index (χ0) is 53.8. The van der Waals surface area contributed by atoms with Crippen molar-refractivity contribution in [3.8, 4) is 67.8 Å². The number of fused-ring (bicyclic) bond motifs is 12. The molecular weight excluding hydrogens is 997 g/mol. The Morgan fingerprint density at radius 2 is 0.585 bits per heavy atom. The smallest absolute Gasteiger partial charge is 0.235 e. The summed E-state index contributed by atoms with van der Waals surface area (Å²) in [5.74, 6) is 0.612. The number of aromatic nitrogens is 6. The van der Waals surface area contributed by atoms with E-state index in [1.165, 1.54) is 65.5 Å². The lowest BCUT2D eigenvalue weighted by Gasteiger charge is -2.14. The second kappa shape index (κ2) is 18.2. The molecule has 0 fully saturated rings. The molecule has 0 N–H and O–H groups in total. The van der Waals surface area contributed by atoms with Crippen LogP contribution in [-0.4, -0.2) is 28.2 Å². The molecule has 17 aromatic rings. The Hall–Kier alpha value is -11.1. The van der Waals surface area contributed by atoms with E-state index in [4.69, 9.17) is 9.97 Å². The monoisotopic (exact) mass is 1040 g/mol. The van der Waals surface area contributed by atoms with Gasteiger partial charge in [-0.05, 0) is 131 Å². The van der Waals surface area contributed by atoms with Gasteiger partial charge in [-0.15, -0.1) is 0 Å². The van der Waals surface area contributed by atoms with Gasteiger partial charge in [0.25, 0.3) is 0 Å². The highest BCUT2D eigenvalue weighted by Gasteiger charge is 2.22. The molecule has 0 bridgehead atoms. The van der Waals surface area contributed by atoms with Crippen LogP contribution in [0.15, 0.2) is 291 Å². The highest BCUT2D eigenvalue weighted by molar-refractivity contribution is 6.18. The molecule has 0 atom stereocenters. The van der Waals surface area contributed by atoms with Crippen LogP contribution in [0, 0.1) is 0 Å². The summed E-state index contributed by atoms with van der Waals surface area (Å²) in [6.07, 6.45) is 0. The van der Waals surface area contributed by atoms with Crippen molar-refractivity contribution in [2.24, 2.45) is 0 Å². The molecule has 0 aliphatic heterocycles. The molecule has 82 heavy (non-hydrogen) atoms. The Kier molecular flexibility index (Phi) is 10.2. The van der Waals surface area contributed by atoms with Gasteiger partial charge >= 0.3 is 0 Å². The van der Waals surface area contributed by atoms with Crippen LogP contribution in [0.25, 0.3) is 155 Å². The van der Waals surface area contributed by atoms with Crippen LogP contribution in [0.2, 0.25) is 0 Å². The standard InChI is InChI=1S/C76H48N6/c1-4-20-49(21-5-1)65-48-66(78-76(77-65)82-69-35-16-12-30-60(69)63-46-51(39-42-73(63)82)50-38-41-71-62(45-50)58-28-10-14-33-67(58)79(71)54-23-6-2-7-24-54)53-22-18-27-56(44-53)81-70-36-17-13-31-61(70)75-57(32-19-37-74(75)81)52-40-43-72-64(47-52)59-29-11-15-34-68(59)80(72)55-25-8-3-9-26-55/h1-48H. The zero-order valence-corrected chi connectivity index (χ0v) is 44.4. The van der Waals surface area contributed by atoms with Gasteiger partial charge in [0, 0.05) is 71.3 Å². The molecule has 0 unspecified atom stereocenters.